The average Bonchev–Trinajstić information content (AvgIpc) is 2.82. The van der Waals surface area contributed by atoms with Crippen molar-refractivity contribution in [3.8, 4) is 0 Å². The zero-order chi connectivity index (χ0) is 10.7. The molecule has 5 heteroatoms. The summed E-state index contributed by atoms with van der Waals surface area (Å²) in [6.45, 7) is 4.38. The Morgan fingerprint density at radius 1 is 0.800 bits per heavy atom. The van der Waals surface area contributed by atoms with Gasteiger partial charge in [-0.3, -0.25) is 9.59 Å². The van der Waals surface area contributed by atoms with Crippen molar-refractivity contribution in [3.05, 3.63) is 0 Å². The van der Waals surface area contributed by atoms with Gasteiger partial charge in [-0.15, -0.1) is 0 Å². The summed E-state index contributed by atoms with van der Waals surface area (Å²) in [5, 5.41) is 3.16. The topological polar surface area (TPSA) is 52.7 Å². The maximum absolute atomic E-state index is 11.8. The molecule has 0 bridgehead atoms. The third kappa shape index (κ3) is 2.28. The average molecular weight is 211 g/mol. The lowest BCUT2D eigenvalue weighted by molar-refractivity contribution is -0.151. The first-order valence-corrected chi connectivity index (χ1v) is 5.58. The van der Waals surface area contributed by atoms with Crippen molar-refractivity contribution in [3.63, 3.8) is 0 Å². The van der Waals surface area contributed by atoms with Crippen LogP contribution in [0, 0.1) is 0 Å². The molecule has 2 fully saturated rings. The molecule has 15 heavy (non-hydrogen) atoms. The quantitative estimate of drug-likeness (QED) is 0.525. The van der Waals surface area contributed by atoms with E-state index in [0.717, 1.165) is 39.0 Å². The number of nitrogens with zero attached hydrogens (tertiary/aromatic N) is 2. The van der Waals surface area contributed by atoms with Crippen molar-refractivity contribution in [2.45, 2.75) is 12.8 Å². The Morgan fingerprint density at radius 2 is 1.27 bits per heavy atom. The molecule has 0 aromatic carbocycles. The van der Waals surface area contributed by atoms with Crippen molar-refractivity contribution < 1.29 is 9.59 Å². The van der Waals surface area contributed by atoms with Crippen LogP contribution in [0.25, 0.3) is 0 Å². The van der Waals surface area contributed by atoms with Gasteiger partial charge < -0.3 is 15.1 Å². The standard InChI is InChI=1S/C10H17N3O2/c14-9(12-5-1-2-6-12)10(15)13-7-3-11-4-8-13/h11H,1-8H2. The zero-order valence-electron chi connectivity index (χ0n) is 8.87. The summed E-state index contributed by atoms with van der Waals surface area (Å²) >= 11 is 0. The van der Waals surface area contributed by atoms with Gasteiger partial charge in [0, 0.05) is 39.3 Å². The van der Waals surface area contributed by atoms with Gasteiger partial charge in [0.05, 0.1) is 0 Å². The predicted molar refractivity (Wildman–Crippen MR) is 55.3 cm³/mol. The van der Waals surface area contributed by atoms with Crippen molar-refractivity contribution in [1.29, 1.82) is 0 Å². The van der Waals surface area contributed by atoms with Gasteiger partial charge in [-0.25, -0.2) is 0 Å². The molecule has 0 unspecified atom stereocenters. The predicted octanol–water partition coefficient (Wildman–Crippen LogP) is -0.959. The number of amides is 2. The van der Waals surface area contributed by atoms with Crippen LogP contribution >= 0.6 is 0 Å². The maximum atomic E-state index is 11.8. The second-order valence-corrected chi connectivity index (χ2v) is 4.04. The number of nitrogens with one attached hydrogen (secondary N) is 1. The number of carbonyl (C=O) groups is 2. The van der Waals surface area contributed by atoms with Crippen LogP contribution in [-0.4, -0.2) is 60.9 Å². The fraction of sp³-hybridized carbons (Fsp3) is 0.800. The van der Waals surface area contributed by atoms with Crippen LogP contribution < -0.4 is 5.32 Å². The molecule has 0 aromatic heterocycles. The van der Waals surface area contributed by atoms with Crippen molar-refractivity contribution in [1.82, 2.24) is 15.1 Å². The third-order valence-corrected chi connectivity index (χ3v) is 2.98. The molecule has 2 rings (SSSR count). The molecule has 1 N–H and O–H groups in total. The Hall–Kier alpha value is -1.10. The number of likely N-dealkylation sites (tertiary alicyclic amines) is 1. The van der Waals surface area contributed by atoms with Gasteiger partial charge in [0.15, 0.2) is 0 Å². The van der Waals surface area contributed by atoms with Crippen molar-refractivity contribution >= 4 is 11.8 Å². The van der Waals surface area contributed by atoms with Crippen molar-refractivity contribution in [2.24, 2.45) is 0 Å². The van der Waals surface area contributed by atoms with Gasteiger partial charge in [-0.2, -0.15) is 0 Å². The van der Waals surface area contributed by atoms with Crippen LogP contribution in [0.4, 0.5) is 0 Å². The first-order chi connectivity index (χ1) is 7.29. The highest BCUT2D eigenvalue weighted by atomic mass is 16.2. The van der Waals surface area contributed by atoms with E-state index in [1.807, 2.05) is 0 Å². The first-order valence-electron chi connectivity index (χ1n) is 5.58. The number of rotatable bonds is 0. The van der Waals surface area contributed by atoms with Crippen LogP contribution in [0.2, 0.25) is 0 Å². The normalized spacial score (nSPS) is 21.9. The monoisotopic (exact) mass is 211 g/mol. The SMILES string of the molecule is O=C(C(=O)N1CCNCC1)N1CCCC1. The van der Waals surface area contributed by atoms with E-state index >= 15 is 0 Å². The molecule has 2 amide bonds. The highest BCUT2D eigenvalue weighted by Gasteiger charge is 2.29. The highest BCUT2D eigenvalue weighted by molar-refractivity contribution is 6.34. The Morgan fingerprint density at radius 3 is 1.80 bits per heavy atom. The number of hydrogen-bond acceptors (Lipinski definition) is 3. The summed E-state index contributed by atoms with van der Waals surface area (Å²) in [4.78, 5) is 26.9. The summed E-state index contributed by atoms with van der Waals surface area (Å²) in [6, 6.07) is 0. The molecule has 2 aliphatic heterocycles. The second kappa shape index (κ2) is 4.61. The van der Waals surface area contributed by atoms with Crippen LogP contribution in [-0.2, 0) is 9.59 Å². The van der Waals surface area contributed by atoms with E-state index in [0.29, 0.717) is 13.1 Å². The Kier molecular flexibility index (Phi) is 3.20. The molecule has 0 spiro atoms. The Labute approximate surface area is 89.4 Å². The van der Waals surface area contributed by atoms with E-state index in [-0.39, 0.29) is 11.8 Å². The molecule has 0 aromatic rings. The minimum atomic E-state index is -0.321. The van der Waals surface area contributed by atoms with E-state index in [1.54, 1.807) is 9.80 Å². The molecule has 0 radical (unpaired) electrons. The molecule has 2 aliphatic rings. The summed E-state index contributed by atoms with van der Waals surface area (Å²) in [5.41, 5.74) is 0. The van der Waals surface area contributed by atoms with Crippen LogP contribution in [0.5, 0.6) is 0 Å². The smallest absolute Gasteiger partial charge is 0.312 e. The fourth-order valence-corrected chi connectivity index (χ4v) is 2.06. The molecule has 84 valence electrons. The minimum absolute atomic E-state index is 0.311. The molecule has 0 saturated carbocycles. The molecule has 0 atom stereocenters. The van der Waals surface area contributed by atoms with Gasteiger partial charge in [-0.05, 0) is 12.8 Å². The largest absolute Gasteiger partial charge is 0.334 e. The van der Waals surface area contributed by atoms with E-state index < -0.39 is 0 Å². The maximum Gasteiger partial charge on any atom is 0.312 e. The van der Waals surface area contributed by atoms with Gasteiger partial charge in [0.1, 0.15) is 0 Å². The molecule has 5 nitrogen and oxygen atoms in total. The fourth-order valence-electron chi connectivity index (χ4n) is 2.06. The summed E-state index contributed by atoms with van der Waals surface area (Å²) in [5.74, 6) is -0.632. The van der Waals surface area contributed by atoms with E-state index in [2.05, 4.69) is 5.32 Å². The van der Waals surface area contributed by atoms with Gasteiger partial charge >= 0.3 is 11.8 Å². The van der Waals surface area contributed by atoms with E-state index in [4.69, 9.17) is 0 Å². The van der Waals surface area contributed by atoms with E-state index in [1.165, 1.54) is 0 Å². The Bertz CT molecular complexity index is 255. The lowest BCUT2D eigenvalue weighted by Gasteiger charge is -2.28. The number of carbonyl (C=O) groups excluding carboxylic acids is 2. The number of piperazine rings is 1. The molecular formula is C10H17N3O2. The lowest BCUT2D eigenvalue weighted by atomic mass is 10.3. The van der Waals surface area contributed by atoms with Gasteiger partial charge in [0.25, 0.3) is 0 Å². The second-order valence-electron chi connectivity index (χ2n) is 4.04. The van der Waals surface area contributed by atoms with Crippen LogP contribution in [0.1, 0.15) is 12.8 Å². The molecular weight excluding hydrogens is 194 g/mol. The van der Waals surface area contributed by atoms with E-state index in [9.17, 15) is 9.59 Å². The first kappa shape index (κ1) is 10.4. The molecule has 2 saturated heterocycles. The molecule has 2 heterocycles. The summed E-state index contributed by atoms with van der Waals surface area (Å²) in [6.07, 6.45) is 2.06. The Balaban J connectivity index is 1.90. The molecule has 0 aliphatic carbocycles. The zero-order valence-corrected chi connectivity index (χ0v) is 8.87. The minimum Gasteiger partial charge on any atom is -0.334 e. The lowest BCUT2D eigenvalue weighted by Crippen LogP contribution is -2.51. The summed E-state index contributed by atoms with van der Waals surface area (Å²) in [7, 11) is 0. The third-order valence-electron chi connectivity index (χ3n) is 2.98. The van der Waals surface area contributed by atoms with Crippen LogP contribution in [0.15, 0.2) is 0 Å². The summed E-state index contributed by atoms with van der Waals surface area (Å²) < 4.78 is 0. The van der Waals surface area contributed by atoms with Gasteiger partial charge in [0.2, 0.25) is 0 Å². The highest BCUT2D eigenvalue weighted by Crippen LogP contribution is 2.08. The van der Waals surface area contributed by atoms with Crippen molar-refractivity contribution in [2.75, 3.05) is 39.3 Å². The van der Waals surface area contributed by atoms with Gasteiger partial charge in [-0.1, -0.05) is 0 Å². The van der Waals surface area contributed by atoms with Crippen LogP contribution in [0.3, 0.4) is 0 Å². The number of hydrogen-bond donors (Lipinski definition) is 1.